The number of sulfone groups is 1. The zero-order chi connectivity index (χ0) is 26.0. The first kappa shape index (κ1) is 25.2. The first-order valence-electron chi connectivity index (χ1n) is 12.6. The molecular formula is C29H31N3O4S. The van der Waals surface area contributed by atoms with Gasteiger partial charge >= 0.3 is 0 Å². The van der Waals surface area contributed by atoms with E-state index >= 15 is 0 Å². The van der Waals surface area contributed by atoms with Crippen LogP contribution in [0.5, 0.6) is 0 Å². The maximum Gasteiger partial charge on any atom is 0.255 e. The van der Waals surface area contributed by atoms with Gasteiger partial charge in [0.1, 0.15) is 0 Å². The highest BCUT2D eigenvalue weighted by Crippen LogP contribution is 2.32. The molecule has 2 amide bonds. The molecule has 1 saturated heterocycles. The molecule has 7 nitrogen and oxygen atoms in total. The Kier molecular flexibility index (Phi) is 7.13. The van der Waals surface area contributed by atoms with Crippen LogP contribution in [0.25, 0.3) is 11.1 Å². The molecule has 37 heavy (non-hydrogen) atoms. The van der Waals surface area contributed by atoms with Gasteiger partial charge in [0.2, 0.25) is 5.91 Å². The number of carbonyl (C=O) groups excluding carboxylic acids is 2. The average Bonchev–Trinajstić information content (AvgIpc) is 3.74. The largest absolute Gasteiger partial charge is 0.326 e. The van der Waals surface area contributed by atoms with Crippen molar-refractivity contribution in [2.24, 2.45) is 5.92 Å². The molecule has 1 heterocycles. The molecule has 0 atom stereocenters. The number of rotatable bonds is 7. The minimum atomic E-state index is -2.89. The van der Waals surface area contributed by atoms with Crippen LogP contribution in [-0.4, -0.2) is 49.7 Å². The second-order valence-electron chi connectivity index (χ2n) is 9.95. The average molecular weight is 518 g/mol. The van der Waals surface area contributed by atoms with Crippen LogP contribution >= 0.6 is 0 Å². The molecule has 192 valence electrons. The summed E-state index contributed by atoms with van der Waals surface area (Å²) in [5.41, 5.74) is 6.20. The maximum absolute atomic E-state index is 12.8. The Bertz CT molecular complexity index is 1400. The zero-order valence-corrected chi connectivity index (χ0v) is 21.7. The number of nitrogens with zero attached hydrogens (tertiary/aromatic N) is 1. The van der Waals surface area contributed by atoms with E-state index in [9.17, 15) is 18.0 Å². The molecular weight excluding hydrogens is 486 g/mol. The predicted octanol–water partition coefficient (Wildman–Crippen LogP) is 4.49. The Hall–Kier alpha value is -3.49. The lowest BCUT2D eigenvalue weighted by Gasteiger charge is -2.26. The second-order valence-corrected chi connectivity index (χ2v) is 12.3. The molecule has 0 aromatic heterocycles. The van der Waals surface area contributed by atoms with Crippen molar-refractivity contribution in [1.29, 1.82) is 0 Å². The molecule has 0 unspecified atom stereocenters. The van der Waals surface area contributed by atoms with E-state index in [2.05, 4.69) is 15.5 Å². The topological polar surface area (TPSA) is 95.6 Å². The molecule has 0 bridgehead atoms. The number of hydrogen-bond acceptors (Lipinski definition) is 5. The summed E-state index contributed by atoms with van der Waals surface area (Å²) >= 11 is 0. The third kappa shape index (κ3) is 6.45. The van der Waals surface area contributed by atoms with Crippen molar-refractivity contribution in [3.05, 3.63) is 83.4 Å². The summed E-state index contributed by atoms with van der Waals surface area (Å²) < 4.78 is 23.2. The normalized spacial score (nSPS) is 17.2. The van der Waals surface area contributed by atoms with Crippen molar-refractivity contribution in [2.45, 2.75) is 26.3 Å². The Balaban J connectivity index is 1.19. The van der Waals surface area contributed by atoms with Crippen LogP contribution in [0.3, 0.4) is 0 Å². The van der Waals surface area contributed by atoms with E-state index in [-0.39, 0.29) is 29.2 Å². The van der Waals surface area contributed by atoms with Gasteiger partial charge in [-0.3, -0.25) is 14.5 Å². The SMILES string of the molecule is Cc1ccc(NC(=O)C2CC2)cc1-c1ccc(C(=O)Nc2ccc(CN3CCS(=O)(=O)CC3)cc2)cc1. The molecule has 2 aliphatic rings. The summed E-state index contributed by atoms with van der Waals surface area (Å²) in [7, 11) is -2.89. The van der Waals surface area contributed by atoms with Gasteiger partial charge in [-0.2, -0.15) is 0 Å². The quantitative estimate of drug-likeness (QED) is 0.481. The molecule has 3 aromatic carbocycles. The van der Waals surface area contributed by atoms with Crippen LogP contribution in [0.2, 0.25) is 0 Å². The van der Waals surface area contributed by atoms with E-state index in [0.717, 1.165) is 40.8 Å². The van der Waals surface area contributed by atoms with Gasteiger partial charge in [-0.1, -0.05) is 30.3 Å². The fourth-order valence-electron chi connectivity index (χ4n) is 4.47. The minimum absolute atomic E-state index is 0.0804. The fraction of sp³-hybridized carbons (Fsp3) is 0.310. The van der Waals surface area contributed by atoms with Gasteiger partial charge in [0.05, 0.1) is 11.5 Å². The number of amides is 2. The van der Waals surface area contributed by atoms with Crippen LogP contribution < -0.4 is 10.6 Å². The molecule has 1 saturated carbocycles. The highest BCUT2D eigenvalue weighted by Gasteiger charge is 2.29. The van der Waals surface area contributed by atoms with Gasteiger partial charge in [-0.25, -0.2) is 8.42 Å². The van der Waals surface area contributed by atoms with E-state index < -0.39 is 9.84 Å². The first-order chi connectivity index (χ1) is 17.8. The summed E-state index contributed by atoms with van der Waals surface area (Å²) in [5.74, 6) is 0.457. The number of hydrogen-bond donors (Lipinski definition) is 2. The monoisotopic (exact) mass is 517 g/mol. The lowest BCUT2D eigenvalue weighted by Crippen LogP contribution is -2.39. The lowest BCUT2D eigenvalue weighted by atomic mass is 9.98. The summed E-state index contributed by atoms with van der Waals surface area (Å²) in [6.45, 7) is 3.82. The highest BCUT2D eigenvalue weighted by molar-refractivity contribution is 7.91. The van der Waals surface area contributed by atoms with Crippen molar-refractivity contribution in [2.75, 3.05) is 35.2 Å². The maximum atomic E-state index is 12.8. The number of nitrogens with one attached hydrogen (secondary N) is 2. The van der Waals surface area contributed by atoms with E-state index in [1.165, 1.54) is 0 Å². The molecule has 8 heteroatoms. The molecule has 1 aliphatic carbocycles. The third-order valence-corrected chi connectivity index (χ3v) is 8.58. The van der Waals surface area contributed by atoms with Gasteiger partial charge < -0.3 is 10.6 Å². The van der Waals surface area contributed by atoms with E-state index in [4.69, 9.17) is 0 Å². The van der Waals surface area contributed by atoms with Gasteiger partial charge in [-0.15, -0.1) is 0 Å². The Morgan fingerprint density at radius 3 is 2.16 bits per heavy atom. The Morgan fingerprint density at radius 2 is 1.51 bits per heavy atom. The van der Waals surface area contributed by atoms with Gasteiger partial charge in [0.25, 0.3) is 5.91 Å². The number of aryl methyl sites for hydroxylation is 1. The number of anilines is 2. The van der Waals surface area contributed by atoms with E-state index in [1.807, 2.05) is 61.5 Å². The molecule has 2 N–H and O–H groups in total. The summed E-state index contributed by atoms with van der Waals surface area (Å²) in [6.07, 6.45) is 1.93. The van der Waals surface area contributed by atoms with Crippen molar-refractivity contribution >= 4 is 33.0 Å². The Labute approximate surface area is 217 Å². The standard InChI is InChI=1S/C29H31N3O4S/c1-20-2-11-26(31-29(34)24-9-10-24)18-27(20)22-5-7-23(8-6-22)28(33)30-25-12-3-21(4-13-25)19-32-14-16-37(35,36)17-15-32/h2-8,11-13,18,24H,9-10,14-17,19H2,1H3,(H,30,33)(H,31,34). The van der Waals surface area contributed by atoms with E-state index in [0.29, 0.717) is 30.9 Å². The predicted molar refractivity (Wildman–Crippen MR) is 146 cm³/mol. The van der Waals surface area contributed by atoms with Crippen molar-refractivity contribution in [3.63, 3.8) is 0 Å². The van der Waals surface area contributed by atoms with Gasteiger partial charge in [0.15, 0.2) is 9.84 Å². The Morgan fingerprint density at radius 1 is 0.865 bits per heavy atom. The van der Waals surface area contributed by atoms with Crippen LogP contribution in [0.4, 0.5) is 11.4 Å². The third-order valence-electron chi connectivity index (χ3n) is 6.97. The van der Waals surface area contributed by atoms with Crippen molar-refractivity contribution < 1.29 is 18.0 Å². The van der Waals surface area contributed by atoms with Crippen LogP contribution in [0, 0.1) is 12.8 Å². The fourth-order valence-corrected chi connectivity index (χ4v) is 5.74. The van der Waals surface area contributed by atoms with Crippen LogP contribution in [0.1, 0.15) is 34.3 Å². The van der Waals surface area contributed by atoms with Crippen molar-refractivity contribution in [3.8, 4) is 11.1 Å². The lowest BCUT2D eigenvalue weighted by molar-refractivity contribution is -0.117. The number of carbonyl (C=O) groups is 2. The van der Waals surface area contributed by atoms with Crippen LogP contribution in [0.15, 0.2) is 66.7 Å². The molecule has 3 aromatic rings. The minimum Gasteiger partial charge on any atom is -0.326 e. The molecule has 0 spiro atoms. The summed E-state index contributed by atoms with van der Waals surface area (Å²) in [5, 5.41) is 5.94. The van der Waals surface area contributed by atoms with Crippen LogP contribution in [-0.2, 0) is 21.2 Å². The smallest absolute Gasteiger partial charge is 0.255 e. The summed E-state index contributed by atoms with van der Waals surface area (Å²) in [6, 6.07) is 21.0. The molecule has 5 rings (SSSR count). The molecule has 2 fully saturated rings. The van der Waals surface area contributed by atoms with Gasteiger partial charge in [0, 0.05) is 42.5 Å². The zero-order valence-electron chi connectivity index (χ0n) is 20.9. The van der Waals surface area contributed by atoms with E-state index in [1.54, 1.807) is 12.1 Å². The van der Waals surface area contributed by atoms with Crippen molar-refractivity contribution in [1.82, 2.24) is 4.90 Å². The first-order valence-corrected chi connectivity index (χ1v) is 14.4. The summed E-state index contributed by atoms with van der Waals surface area (Å²) in [4.78, 5) is 27.1. The molecule has 0 radical (unpaired) electrons. The molecule has 1 aliphatic heterocycles. The number of benzene rings is 3. The van der Waals surface area contributed by atoms with Gasteiger partial charge in [-0.05, 0) is 78.4 Å². The second kappa shape index (κ2) is 10.5. The highest BCUT2D eigenvalue weighted by atomic mass is 32.2.